The summed E-state index contributed by atoms with van der Waals surface area (Å²) in [4.78, 5) is 37.8. The number of carbonyl (C=O) groups excluding carboxylic acids is 3. The first-order chi connectivity index (χ1) is 19.0. The molecular formula is C30H39NO9. The molecule has 218 valence electrons. The number of aliphatic hydroxyl groups is 1. The summed E-state index contributed by atoms with van der Waals surface area (Å²) in [5.74, 6) is -2.63. The number of cyclic esters (lactones) is 1. The van der Waals surface area contributed by atoms with E-state index in [1.807, 2.05) is 51.2 Å². The maximum atomic E-state index is 13.3. The van der Waals surface area contributed by atoms with Gasteiger partial charge in [-0.1, -0.05) is 50.3 Å². The Balaban J connectivity index is 1.55. The van der Waals surface area contributed by atoms with Crippen molar-refractivity contribution in [2.45, 2.75) is 82.8 Å². The van der Waals surface area contributed by atoms with Crippen molar-refractivity contribution in [1.29, 1.82) is 0 Å². The van der Waals surface area contributed by atoms with Crippen LogP contribution in [0.4, 0.5) is 4.79 Å². The van der Waals surface area contributed by atoms with Crippen molar-refractivity contribution >= 4 is 18.0 Å². The molecule has 0 unspecified atom stereocenters. The van der Waals surface area contributed by atoms with Crippen LogP contribution in [0.15, 0.2) is 47.6 Å². The summed E-state index contributed by atoms with van der Waals surface area (Å²) in [6.07, 6.45) is 6.72. The maximum absolute atomic E-state index is 13.3. The molecule has 1 spiro atoms. The standard InChI is InChI=1S/C30H39NO9/c1-14-12-15(2)30-19(13-21(36-5)28(34)38-24(14)17(4)37-29(31)35)10-11-20-22(30)23(32)16(3)25(26(20)40-30)39-27(33)18-8-6-7-9-18/h6-8,10-12,14,16-17,19-26,32H,9,13H2,1-5H3,(H2,31,35)/b15-12+/t14-,16-,17-,19-,20-,21+,22+,23-,24+,25-,26-,30+/m1/s1. The molecule has 1 saturated heterocycles. The van der Waals surface area contributed by atoms with Crippen LogP contribution >= 0.6 is 0 Å². The van der Waals surface area contributed by atoms with E-state index in [1.54, 1.807) is 13.0 Å². The van der Waals surface area contributed by atoms with Crippen LogP contribution in [-0.2, 0) is 33.3 Å². The number of rotatable bonds is 5. The molecule has 12 atom stereocenters. The fourth-order valence-electron chi connectivity index (χ4n) is 7.53. The fourth-order valence-corrected chi connectivity index (χ4v) is 7.53. The second kappa shape index (κ2) is 10.8. The predicted octanol–water partition coefficient (Wildman–Crippen LogP) is 2.75. The van der Waals surface area contributed by atoms with Crippen molar-refractivity contribution in [2.75, 3.05) is 7.11 Å². The van der Waals surface area contributed by atoms with Crippen LogP contribution in [0.5, 0.6) is 0 Å². The summed E-state index contributed by atoms with van der Waals surface area (Å²) >= 11 is 0. The van der Waals surface area contributed by atoms with Gasteiger partial charge in [-0.15, -0.1) is 0 Å². The molecule has 10 heteroatoms. The number of hydrogen-bond acceptors (Lipinski definition) is 9. The zero-order chi connectivity index (χ0) is 28.9. The van der Waals surface area contributed by atoms with Gasteiger partial charge in [0.05, 0.1) is 6.10 Å². The number of allylic oxidation sites excluding steroid dienone is 3. The Morgan fingerprint density at radius 2 is 2.00 bits per heavy atom. The van der Waals surface area contributed by atoms with Gasteiger partial charge in [-0.05, 0) is 32.3 Å². The van der Waals surface area contributed by atoms with Crippen LogP contribution in [0, 0.1) is 29.6 Å². The Morgan fingerprint density at radius 3 is 2.65 bits per heavy atom. The van der Waals surface area contributed by atoms with Gasteiger partial charge in [0.25, 0.3) is 0 Å². The van der Waals surface area contributed by atoms with E-state index >= 15 is 0 Å². The third-order valence-corrected chi connectivity index (χ3v) is 9.44. The van der Waals surface area contributed by atoms with E-state index < -0.39 is 66.2 Å². The summed E-state index contributed by atoms with van der Waals surface area (Å²) in [7, 11) is 1.44. The lowest BCUT2D eigenvalue weighted by Crippen LogP contribution is -2.57. The van der Waals surface area contributed by atoms with E-state index in [4.69, 9.17) is 29.4 Å². The van der Waals surface area contributed by atoms with Gasteiger partial charge in [0, 0.05) is 42.3 Å². The Morgan fingerprint density at radius 1 is 1.25 bits per heavy atom. The summed E-state index contributed by atoms with van der Waals surface area (Å²) in [6, 6.07) is 0. The molecule has 2 heterocycles. The maximum Gasteiger partial charge on any atom is 0.404 e. The van der Waals surface area contributed by atoms with Crippen molar-refractivity contribution < 1.29 is 43.2 Å². The molecule has 2 aliphatic heterocycles. The van der Waals surface area contributed by atoms with Crippen LogP contribution in [0.2, 0.25) is 0 Å². The molecule has 3 N–H and O–H groups in total. The lowest BCUT2D eigenvalue weighted by Gasteiger charge is -2.49. The largest absolute Gasteiger partial charge is 0.456 e. The Kier molecular flexibility index (Phi) is 7.71. The molecule has 5 aliphatic rings. The molecular weight excluding hydrogens is 518 g/mol. The zero-order valence-corrected chi connectivity index (χ0v) is 23.5. The average Bonchev–Trinajstić information content (AvgIpc) is 3.50. The topological polar surface area (TPSA) is 144 Å². The Bertz CT molecular complexity index is 1170. The number of ether oxygens (including phenoxy) is 5. The molecule has 10 nitrogen and oxygen atoms in total. The highest BCUT2D eigenvalue weighted by molar-refractivity contribution is 5.90. The first-order valence-electron chi connectivity index (χ1n) is 14.0. The summed E-state index contributed by atoms with van der Waals surface area (Å²) in [5, 5.41) is 11.8. The van der Waals surface area contributed by atoms with Crippen LogP contribution < -0.4 is 5.73 Å². The minimum absolute atomic E-state index is 0.196. The molecule has 2 fully saturated rings. The molecule has 40 heavy (non-hydrogen) atoms. The highest BCUT2D eigenvalue weighted by atomic mass is 16.6. The van der Waals surface area contributed by atoms with Gasteiger partial charge >= 0.3 is 18.0 Å². The van der Waals surface area contributed by atoms with Gasteiger partial charge in [-0.25, -0.2) is 14.4 Å². The number of esters is 2. The number of carbonyl (C=O) groups is 3. The van der Waals surface area contributed by atoms with Gasteiger partial charge in [-0.3, -0.25) is 0 Å². The highest BCUT2D eigenvalue weighted by Crippen LogP contribution is 2.61. The first-order valence-corrected chi connectivity index (χ1v) is 14.0. The summed E-state index contributed by atoms with van der Waals surface area (Å²) in [5.41, 5.74) is 5.71. The van der Waals surface area contributed by atoms with Gasteiger partial charge < -0.3 is 34.5 Å². The molecule has 0 aromatic heterocycles. The third-order valence-electron chi connectivity index (χ3n) is 9.44. The first kappa shape index (κ1) is 28.6. The van der Waals surface area contributed by atoms with Crippen molar-refractivity contribution in [1.82, 2.24) is 0 Å². The van der Waals surface area contributed by atoms with Gasteiger partial charge in [-0.2, -0.15) is 0 Å². The molecule has 0 radical (unpaired) electrons. The van der Waals surface area contributed by atoms with E-state index in [0.717, 1.165) is 5.57 Å². The van der Waals surface area contributed by atoms with E-state index in [-0.39, 0.29) is 30.1 Å². The third kappa shape index (κ3) is 4.59. The van der Waals surface area contributed by atoms with E-state index in [2.05, 4.69) is 0 Å². The molecule has 5 rings (SSSR count). The normalized spacial score (nSPS) is 44.0. The van der Waals surface area contributed by atoms with Crippen molar-refractivity contribution in [3.05, 3.63) is 47.6 Å². The predicted molar refractivity (Wildman–Crippen MR) is 142 cm³/mol. The second-order valence-electron chi connectivity index (χ2n) is 11.7. The van der Waals surface area contributed by atoms with E-state index in [1.165, 1.54) is 7.11 Å². The van der Waals surface area contributed by atoms with Crippen LogP contribution in [0.1, 0.15) is 40.5 Å². The lowest BCUT2D eigenvalue weighted by atomic mass is 9.57. The number of primary amides is 1. The van der Waals surface area contributed by atoms with E-state index in [0.29, 0.717) is 12.0 Å². The lowest BCUT2D eigenvalue weighted by molar-refractivity contribution is -0.173. The number of aliphatic hydroxyl groups excluding tert-OH is 1. The number of amides is 1. The Labute approximate surface area is 234 Å². The van der Waals surface area contributed by atoms with Gasteiger partial charge in [0.2, 0.25) is 0 Å². The molecule has 3 aliphatic carbocycles. The minimum atomic E-state index is -0.978. The number of hydrogen-bond donors (Lipinski definition) is 2. The molecule has 1 saturated carbocycles. The molecule has 1 amide bonds. The number of nitrogens with two attached hydrogens (primary N) is 1. The van der Waals surface area contributed by atoms with Crippen molar-refractivity contribution in [3.8, 4) is 0 Å². The van der Waals surface area contributed by atoms with Crippen LogP contribution in [0.3, 0.4) is 0 Å². The smallest absolute Gasteiger partial charge is 0.404 e. The van der Waals surface area contributed by atoms with Crippen molar-refractivity contribution in [2.24, 2.45) is 35.3 Å². The van der Waals surface area contributed by atoms with E-state index in [9.17, 15) is 19.5 Å². The molecule has 0 aromatic rings. The monoisotopic (exact) mass is 557 g/mol. The summed E-state index contributed by atoms with van der Waals surface area (Å²) < 4.78 is 29.6. The molecule has 0 aromatic carbocycles. The van der Waals surface area contributed by atoms with Crippen LogP contribution in [-0.4, -0.2) is 72.5 Å². The Hall–Kier alpha value is -2.95. The van der Waals surface area contributed by atoms with Crippen molar-refractivity contribution in [3.63, 3.8) is 0 Å². The zero-order valence-electron chi connectivity index (χ0n) is 23.5. The quantitative estimate of drug-likeness (QED) is 0.296. The summed E-state index contributed by atoms with van der Waals surface area (Å²) in [6.45, 7) is 7.32. The average molecular weight is 558 g/mol. The minimum Gasteiger partial charge on any atom is -0.456 e. The molecule has 4 bridgehead atoms. The SMILES string of the molecule is CO[C@H]1C[C@H]2C=C[C@H]3[C@H]4O[C@]2(/C(C)=C/[C@@H](C)[C@@H]([C@@H](C)OC(N)=O)OC1=O)[C@@H]3[C@H](O)[C@@H](C)[C@H]4OC(=O)C1=CC=CC1. The highest BCUT2D eigenvalue weighted by Gasteiger charge is 2.69. The van der Waals surface area contributed by atoms with Gasteiger partial charge in [0.15, 0.2) is 6.10 Å². The van der Waals surface area contributed by atoms with Gasteiger partial charge in [0.1, 0.15) is 30.0 Å². The number of methoxy groups -OCH3 is 1. The second-order valence-corrected chi connectivity index (χ2v) is 11.7. The fraction of sp³-hybridized carbons (Fsp3) is 0.633. The van der Waals surface area contributed by atoms with Crippen LogP contribution in [0.25, 0.3) is 0 Å².